The second-order valence-corrected chi connectivity index (χ2v) is 3.64. The zero-order valence-electron chi connectivity index (χ0n) is 10.3. The molecule has 0 spiro atoms. The van der Waals surface area contributed by atoms with Gasteiger partial charge in [0, 0.05) is 0 Å². The van der Waals surface area contributed by atoms with E-state index in [-0.39, 0.29) is 0 Å². The molecule has 0 N–H and O–H groups in total. The van der Waals surface area contributed by atoms with Crippen LogP contribution in [0.2, 0.25) is 0 Å². The summed E-state index contributed by atoms with van der Waals surface area (Å²) in [5, 5.41) is 0. The molecule has 0 aromatic heterocycles. The molecule has 0 aromatic rings. The minimum Gasteiger partial charge on any atom is -0.398 e. The second-order valence-electron chi connectivity index (χ2n) is 3.64. The second kappa shape index (κ2) is 6.79. The van der Waals surface area contributed by atoms with Gasteiger partial charge in [0.05, 0.1) is 0 Å². The molecule has 0 amide bonds. The molecule has 0 aliphatic rings. The first-order chi connectivity index (χ1) is 10.4. The monoisotopic (exact) mass is 396 g/mol. The van der Waals surface area contributed by atoms with E-state index in [1.165, 1.54) is 0 Å². The summed E-state index contributed by atoms with van der Waals surface area (Å²) < 4.78 is 176. The summed E-state index contributed by atoms with van der Waals surface area (Å²) in [6.07, 6.45) is -28.4. The fraction of sp³-hybridized carbons (Fsp3) is 0.750. The molecular formula is C8H2F14O2. The van der Waals surface area contributed by atoms with Crippen molar-refractivity contribution >= 4 is 0 Å². The molecule has 0 saturated carbocycles. The van der Waals surface area contributed by atoms with Gasteiger partial charge in [-0.25, -0.2) is 17.6 Å². The Kier molecular flexibility index (Phi) is 6.38. The van der Waals surface area contributed by atoms with Gasteiger partial charge in [0.15, 0.2) is 0 Å². The van der Waals surface area contributed by atoms with Crippen LogP contribution in [0.3, 0.4) is 0 Å². The lowest BCUT2D eigenvalue weighted by Gasteiger charge is -2.38. The average molecular weight is 396 g/mol. The SMILES string of the molecule is FC(F)=C(F)OC(F)(F)C(F)(OC(F)(F)C(F)F)C(F)(F)C(F)F. The molecule has 2 nitrogen and oxygen atoms in total. The lowest BCUT2D eigenvalue weighted by molar-refractivity contribution is -0.498. The third-order valence-electron chi connectivity index (χ3n) is 1.97. The first-order valence-corrected chi connectivity index (χ1v) is 4.91. The van der Waals surface area contributed by atoms with Gasteiger partial charge in [-0.3, -0.25) is 4.74 Å². The molecule has 0 aliphatic carbocycles. The van der Waals surface area contributed by atoms with Crippen LogP contribution in [-0.2, 0) is 9.47 Å². The van der Waals surface area contributed by atoms with Crippen LogP contribution in [-0.4, -0.2) is 36.8 Å². The molecule has 16 heteroatoms. The largest absolute Gasteiger partial charge is 0.468 e. The molecule has 24 heavy (non-hydrogen) atoms. The number of hydrogen-bond acceptors (Lipinski definition) is 2. The predicted octanol–water partition coefficient (Wildman–Crippen LogP) is 5.07. The van der Waals surface area contributed by atoms with Crippen molar-refractivity contribution in [1.29, 1.82) is 0 Å². The Morgan fingerprint density at radius 3 is 1.42 bits per heavy atom. The summed E-state index contributed by atoms with van der Waals surface area (Å²) in [6, 6.07) is -3.85. The van der Waals surface area contributed by atoms with E-state index < -0.39 is 48.9 Å². The third-order valence-corrected chi connectivity index (χ3v) is 1.97. The zero-order valence-corrected chi connectivity index (χ0v) is 10.3. The first-order valence-electron chi connectivity index (χ1n) is 4.91. The van der Waals surface area contributed by atoms with Gasteiger partial charge < -0.3 is 4.74 Å². The minimum atomic E-state index is -7.18. The molecular weight excluding hydrogens is 394 g/mol. The van der Waals surface area contributed by atoms with Crippen LogP contribution in [0.1, 0.15) is 0 Å². The van der Waals surface area contributed by atoms with Crippen molar-refractivity contribution in [2.45, 2.75) is 36.8 Å². The topological polar surface area (TPSA) is 18.5 Å². The Hall–Kier alpha value is -1.48. The molecule has 0 rings (SSSR count). The molecule has 0 saturated heterocycles. The number of ether oxygens (including phenoxy) is 2. The van der Waals surface area contributed by atoms with Gasteiger partial charge in [0.2, 0.25) is 0 Å². The number of rotatable bonds is 8. The van der Waals surface area contributed by atoms with E-state index >= 15 is 0 Å². The highest BCUT2D eigenvalue weighted by Gasteiger charge is 2.81. The Balaban J connectivity index is 6.21. The Labute approximate surface area is 121 Å². The summed E-state index contributed by atoms with van der Waals surface area (Å²) in [7, 11) is 0. The van der Waals surface area contributed by atoms with E-state index in [9.17, 15) is 61.5 Å². The van der Waals surface area contributed by atoms with Crippen LogP contribution in [0, 0.1) is 0 Å². The van der Waals surface area contributed by atoms with Gasteiger partial charge in [-0.05, 0) is 0 Å². The Morgan fingerprint density at radius 1 is 0.708 bits per heavy atom. The van der Waals surface area contributed by atoms with Crippen molar-refractivity contribution < 1.29 is 70.9 Å². The zero-order chi connectivity index (χ0) is 19.7. The van der Waals surface area contributed by atoms with Gasteiger partial charge in [-0.2, -0.15) is 43.9 Å². The number of hydrogen-bond donors (Lipinski definition) is 0. The van der Waals surface area contributed by atoms with Crippen LogP contribution < -0.4 is 0 Å². The van der Waals surface area contributed by atoms with Crippen molar-refractivity contribution in [3.8, 4) is 0 Å². The summed E-state index contributed by atoms with van der Waals surface area (Å²) >= 11 is 0. The van der Waals surface area contributed by atoms with E-state index in [2.05, 4.69) is 0 Å². The average Bonchev–Trinajstić information content (AvgIpc) is 2.36. The third kappa shape index (κ3) is 4.13. The fourth-order valence-electron chi connectivity index (χ4n) is 0.911. The molecule has 1 unspecified atom stereocenters. The molecule has 0 aliphatic heterocycles. The van der Waals surface area contributed by atoms with Crippen molar-refractivity contribution in [2.24, 2.45) is 0 Å². The molecule has 1 atom stereocenters. The maximum Gasteiger partial charge on any atom is 0.468 e. The summed E-state index contributed by atoms with van der Waals surface area (Å²) in [4.78, 5) is 0. The predicted molar refractivity (Wildman–Crippen MR) is 43.2 cm³/mol. The minimum absolute atomic E-state index is 1.77. The molecule has 0 bridgehead atoms. The normalized spacial score (nSPS) is 16.3. The van der Waals surface area contributed by atoms with E-state index in [0.29, 0.717) is 0 Å². The van der Waals surface area contributed by atoms with Gasteiger partial charge in [-0.15, -0.1) is 0 Å². The maximum atomic E-state index is 13.5. The van der Waals surface area contributed by atoms with E-state index in [1.807, 2.05) is 4.74 Å². The van der Waals surface area contributed by atoms with Crippen LogP contribution >= 0.6 is 0 Å². The van der Waals surface area contributed by atoms with Gasteiger partial charge in [-0.1, -0.05) is 0 Å². The molecule has 0 radical (unpaired) electrons. The highest BCUT2D eigenvalue weighted by molar-refractivity contribution is 4.98. The van der Waals surface area contributed by atoms with Crippen LogP contribution in [0.25, 0.3) is 0 Å². The van der Waals surface area contributed by atoms with Crippen LogP contribution in [0.15, 0.2) is 12.1 Å². The Bertz CT molecular complexity index is 469. The number of halogens is 14. The highest BCUT2D eigenvalue weighted by Crippen LogP contribution is 2.52. The molecule has 0 heterocycles. The van der Waals surface area contributed by atoms with Crippen LogP contribution in [0.5, 0.6) is 0 Å². The maximum absolute atomic E-state index is 13.5. The molecule has 0 aromatic carbocycles. The summed E-state index contributed by atoms with van der Waals surface area (Å²) in [5.41, 5.74) is 0. The van der Waals surface area contributed by atoms with E-state index in [4.69, 9.17) is 0 Å². The van der Waals surface area contributed by atoms with Crippen molar-refractivity contribution in [1.82, 2.24) is 0 Å². The highest BCUT2D eigenvalue weighted by atomic mass is 19.3. The van der Waals surface area contributed by atoms with Gasteiger partial charge in [0.25, 0.3) is 0 Å². The van der Waals surface area contributed by atoms with E-state index in [1.54, 1.807) is 4.74 Å². The van der Waals surface area contributed by atoms with Crippen LogP contribution in [0.4, 0.5) is 61.5 Å². The number of alkyl halides is 11. The van der Waals surface area contributed by atoms with Gasteiger partial charge in [0.1, 0.15) is 0 Å². The lowest BCUT2D eigenvalue weighted by atomic mass is 10.1. The first kappa shape index (κ1) is 22.5. The standard InChI is InChI=1S/C8H2F14O2/c9-1(10)2(11)23-8(21,22)7(20,5(16,17)3(12)13)24-6(18,19)4(14)15/h3-4H. The quantitative estimate of drug-likeness (QED) is 0.421. The summed E-state index contributed by atoms with van der Waals surface area (Å²) in [6.45, 7) is 0. The summed E-state index contributed by atoms with van der Waals surface area (Å²) in [5.74, 6) is -14.2. The molecule has 0 fully saturated rings. The molecule has 144 valence electrons. The van der Waals surface area contributed by atoms with Gasteiger partial charge >= 0.3 is 48.9 Å². The van der Waals surface area contributed by atoms with Crippen molar-refractivity contribution in [3.05, 3.63) is 12.1 Å². The van der Waals surface area contributed by atoms with Crippen molar-refractivity contribution in [3.63, 3.8) is 0 Å². The lowest BCUT2D eigenvalue weighted by Crippen LogP contribution is -2.65. The fourth-order valence-corrected chi connectivity index (χ4v) is 0.911. The van der Waals surface area contributed by atoms with Crippen molar-refractivity contribution in [2.75, 3.05) is 0 Å². The smallest absolute Gasteiger partial charge is 0.398 e. The van der Waals surface area contributed by atoms with E-state index in [0.717, 1.165) is 0 Å². The Morgan fingerprint density at radius 2 is 1.12 bits per heavy atom.